The van der Waals surface area contributed by atoms with Crippen molar-refractivity contribution in [3.8, 4) is 5.75 Å². The van der Waals surface area contributed by atoms with Crippen LogP contribution in [0.4, 0.5) is 10.5 Å². The van der Waals surface area contributed by atoms with Crippen LogP contribution in [0, 0.1) is 6.92 Å². The second-order valence-electron chi connectivity index (χ2n) is 7.83. The highest BCUT2D eigenvalue weighted by Crippen LogP contribution is 2.34. The number of carbonyl (C=O) groups excluding carboxylic acids is 2. The maximum atomic E-state index is 13.0. The number of benzene rings is 2. The highest BCUT2D eigenvalue weighted by molar-refractivity contribution is 8.18. The van der Waals surface area contributed by atoms with E-state index in [1.54, 1.807) is 12.2 Å². The molecular weight excluding hydrogens is 422 g/mol. The molecule has 166 valence electrons. The molecule has 0 bridgehead atoms. The SMILES string of the molecule is C=CCOc1ccccc1C=C1SC(=O)N(CN2CCN(c3ccc(C)cc3)CC2)C1=O. The summed E-state index contributed by atoms with van der Waals surface area (Å²) in [5.41, 5.74) is 3.22. The summed E-state index contributed by atoms with van der Waals surface area (Å²) in [5, 5.41) is -0.230. The number of piperazine rings is 1. The van der Waals surface area contributed by atoms with Gasteiger partial charge in [0, 0.05) is 37.4 Å². The van der Waals surface area contributed by atoms with Crippen LogP contribution in [-0.2, 0) is 4.79 Å². The molecule has 2 amide bonds. The standard InChI is InChI=1S/C25H27N3O3S/c1-3-16-31-22-7-5-4-6-20(22)17-23-24(29)28(25(30)32-23)18-26-12-14-27(15-13-26)21-10-8-19(2)9-11-21/h3-11,17H,1,12-16,18H2,2H3. The molecule has 2 aromatic rings. The first-order valence-corrected chi connectivity index (χ1v) is 11.5. The van der Waals surface area contributed by atoms with E-state index in [2.05, 4.69) is 47.6 Å². The number of rotatable bonds is 7. The number of para-hydroxylation sites is 1. The van der Waals surface area contributed by atoms with Crippen molar-refractivity contribution in [1.29, 1.82) is 0 Å². The van der Waals surface area contributed by atoms with Gasteiger partial charge < -0.3 is 9.64 Å². The van der Waals surface area contributed by atoms with Crippen LogP contribution >= 0.6 is 11.8 Å². The average Bonchev–Trinajstić information content (AvgIpc) is 3.07. The summed E-state index contributed by atoms with van der Waals surface area (Å²) in [5.74, 6) is 0.408. The first-order valence-electron chi connectivity index (χ1n) is 10.7. The van der Waals surface area contributed by atoms with Crippen molar-refractivity contribution in [1.82, 2.24) is 9.80 Å². The number of ether oxygens (including phenoxy) is 1. The van der Waals surface area contributed by atoms with Gasteiger partial charge in [-0.15, -0.1) is 0 Å². The van der Waals surface area contributed by atoms with Gasteiger partial charge in [0.25, 0.3) is 11.1 Å². The highest BCUT2D eigenvalue weighted by Gasteiger charge is 2.36. The minimum atomic E-state index is -0.250. The molecule has 2 fully saturated rings. The second-order valence-corrected chi connectivity index (χ2v) is 8.82. The van der Waals surface area contributed by atoms with E-state index in [1.807, 2.05) is 24.3 Å². The van der Waals surface area contributed by atoms with Gasteiger partial charge in [-0.1, -0.05) is 48.6 Å². The number of amides is 2. The molecule has 0 aromatic heterocycles. The van der Waals surface area contributed by atoms with Gasteiger partial charge in [-0.2, -0.15) is 0 Å². The van der Waals surface area contributed by atoms with Crippen LogP contribution in [0.2, 0.25) is 0 Å². The summed E-state index contributed by atoms with van der Waals surface area (Å²) in [6, 6.07) is 16.0. The molecule has 0 unspecified atom stereocenters. The Labute approximate surface area is 193 Å². The van der Waals surface area contributed by atoms with E-state index in [0.717, 1.165) is 43.5 Å². The zero-order valence-electron chi connectivity index (χ0n) is 18.2. The molecule has 6 nitrogen and oxygen atoms in total. The predicted octanol–water partition coefficient (Wildman–Crippen LogP) is 4.38. The van der Waals surface area contributed by atoms with Crippen molar-refractivity contribution in [3.63, 3.8) is 0 Å². The van der Waals surface area contributed by atoms with Gasteiger partial charge in [0.05, 0.1) is 11.6 Å². The number of anilines is 1. The van der Waals surface area contributed by atoms with Crippen molar-refractivity contribution in [2.24, 2.45) is 0 Å². The zero-order chi connectivity index (χ0) is 22.5. The van der Waals surface area contributed by atoms with Gasteiger partial charge in [0.15, 0.2) is 0 Å². The molecule has 2 aromatic carbocycles. The molecule has 0 spiro atoms. The summed E-state index contributed by atoms with van der Waals surface area (Å²) < 4.78 is 5.67. The number of nitrogens with zero attached hydrogens (tertiary/aromatic N) is 3. The first-order chi connectivity index (χ1) is 15.5. The van der Waals surface area contributed by atoms with E-state index in [4.69, 9.17) is 4.74 Å². The lowest BCUT2D eigenvalue weighted by Crippen LogP contribution is -2.50. The number of imide groups is 1. The average molecular weight is 450 g/mol. The third-order valence-corrected chi connectivity index (χ3v) is 6.46. The molecule has 32 heavy (non-hydrogen) atoms. The normalized spacial score (nSPS) is 18.5. The monoisotopic (exact) mass is 449 g/mol. The molecular formula is C25H27N3O3S. The maximum absolute atomic E-state index is 13.0. The number of hydrogen-bond acceptors (Lipinski definition) is 6. The van der Waals surface area contributed by atoms with E-state index >= 15 is 0 Å². The Kier molecular flexibility index (Phi) is 6.97. The number of thioether (sulfide) groups is 1. The fourth-order valence-corrected chi connectivity index (χ4v) is 4.57. The molecule has 2 heterocycles. The summed E-state index contributed by atoms with van der Waals surface area (Å²) in [6.07, 6.45) is 3.40. The molecule has 2 saturated heterocycles. The van der Waals surface area contributed by atoms with Crippen molar-refractivity contribution in [2.75, 3.05) is 44.4 Å². The lowest BCUT2D eigenvalue weighted by molar-refractivity contribution is -0.124. The van der Waals surface area contributed by atoms with E-state index < -0.39 is 0 Å². The fraction of sp³-hybridized carbons (Fsp3) is 0.280. The Bertz CT molecular complexity index is 1030. The smallest absolute Gasteiger partial charge is 0.294 e. The Hall–Kier alpha value is -3.03. The molecule has 0 radical (unpaired) electrons. The van der Waals surface area contributed by atoms with Gasteiger partial charge in [-0.05, 0) is 43.0 Å². The summed E-state index contributed by atoms with van der Waals surface area (Å²) >= 11 is 0.982. The lowest BCUT2D eigenvalue weighted by Gasteiger charge is -2.37. The van der Waals surface area contributed by atoms with Gasteiger partial charge in [-0.3, -0.25) is 19.4 Å². The van der Waals surface area contributed by atoms with Crippen molar-refractivity contribution >= 4 is 34.7 Å². The Morgan fingerprint density at radius 1 is 1.03 bits per heavy atom. The number of carbonyl (C=O) groups is 2. The third-order valence-electron chi connectivity index (χ3n) is 5.55. The van der Waals surface area contributed by atoms with E-state index in [0.29, 0.717) is 23.9 Å². The summed E-state index contributed by atoms with van der Waals surface area (Å²) in [6.45, 7) is 9.77. The lowest BCUT2D eigenvalue weighted by atomic mass is 10.2. The quantitative estimate of drug-likeness (QED) is 0.462. The maximum Gasteiger partial charge on any atom is 0.294 e. The predicted molar refractivity (Wildman–Crippen MR) is 130 cm³/mol. The van der Waals surface area contributed by atoms with Crippen LogP contribution in [0.5, 0.6) is 5.75 Å². The van der Waals surface area contributed by atoms with E-state index in [1.165, 1.54) is 16.2 Å². The topological polar surface area (TPSA) is 53.1 Å². The van der Waals surface area contributed by atoms with Crippen LogP contribution < -0.4 is 9.64 Å². The van der Waals surface area contributed by atoms with Gasteiger partial charge in [-0.25, -0.2) is 0 Å². The van der Waals surface area contributed by atoms with Crippen molar-refractivity contribution in [3.05, 3.63) is 77.2 Å². The number of hydrogen-bond donors (Lipinski definition) is 0. The Balaban J connectivity index is 1.38. The van der Waals surface area contributed by atoms with E-state index in [-0.39, 0.29) is 11.1 Å². The van der Waals surface area contributed by atoms with E-state index in [9.17, 15) is 9.59 Å². The molecule has 0 N–H and O–H groups in total. The molecule has 0 saturated carbocycles. The number of aryl methyl sites for hydroxylation is 1. The largest absolute Gasteiger partial charge is 0.489 e. The summed E-state index contributed by atoms with van der Waals surface area (Å²) in [4.78, 5) is 31.8. The molecule has 7 heteroatoms. The van der Waals surface area contributed by atoms with Crippen LogP contribution in [0.1, 0.15) is 11.1 Å². The Morgan fingerprint density at radius 3 is 2.47 bits per heavy atom. The van der Waals surface area contributed by atoms with Crippen LogP contribution in [0.3, 0.4) is 0 Å². The molecule has 2 aliphatic rings. The molecule has 0 aliphatic carbocycles. The van der Waals surface area contributed by atoms with Gasteiger partial charge in [0.2, 0.25) is 0 Å². The third kappa shape index (κ3) is 5.06. The van der Waals surface area contributed by atoms with Gasteiger partial charge in [0.1, 0.15) is 12.4 Å². The highest BCUT2D eigenvalue weighted by atomic mass is 32.2. The van der Waals surface area contributed by atoms with Crippen LogP contribution in [0.25, 0.3) is 6.08 Å². The van der Waals surface area contributed by atoms with Crippen LogP contribution in [0.15, 0.2) is 66.1 Å². The Morgan fingerprint density at radius 2 is 1.75 bits per heavy atom. The van der Waals surface area contributed by atoms with Crippen molar-refractivity contribution in [2.45, 2.75) is 6.92 Å². The van der Waals surface area contributed by atoms with Crippen molar-refractivity contribution < 1.29 is 14.3 Å². The molecule has 0 atom stereocenters. The second kappa shape index (κ2) is 10.1. The molecule has 2 aliphatic heterocycles. The first kappa shape index (κ1) is 22.2. The van der Waals surface area contributed by atoms with Gasteiger partial charge >= 0.3 is 0 Å². The molecule has 4 rings (SSSR count). The fourth-order valence-electron chi connectivity index (χ4n) is 3.75. The summed E-state index contributed by atoms with van der Waals surface area (Å²) in [7, 11) is 0. The minimum absolute atomic E-state index is 0.230. The minimum Gasteiger partial charge on any atom is -0.489 e. The van der Waals surface area contributed by atoms with Crippen LogP contribution in [-0.4, -0.2) is 60.4 Å². The zero-order valence-corrected chi connectivity index (χ0v) is 19.0.